The lowest BCUT2D eigenvalue weighted by Crippen LogP contribution is -2.19. The Morgan fingerprint density at radius 1 is 1.26 bits per heavy atom. The van der Waals surface area contributed by atoms with Crippen LogP contribution in [0, 0.1) is 24.7 Å². The molecule has 2 atom stereocenters. The Morgan fingerprint density at radius 2 is 2.04 bits per heavy atom. The van der Waals surface area contributed by atoms with Gasteiger partial charge in [-0.25, -0.2) is 4.68 Å². The highest BCUT2D eigenvalue weighted by molar-refractivity contribution is 5.94. The first kappa shape index (κ1) is 14.5. The lowest BCUT2D eigenvalue weighted by Gasteiger charge is -2.09. The van der Waals surface area contributed by atoms with E-state index in [9.17, 15) is 4.79 Å². The van der Waals surface area contributed by atoms with E-state index in [0.717, 1.165) is 5.82 Å². The molecule has 1 N–H and O–H groups in total. The van der Waals surface area contributed by atoms with Crippen LogP contribution in [-0.4, -0.2) is 15.7 Å². The fourth-order valence-corrected chi connectivity index (χ4v) is 4.14. The maximum atomic E-state index is 12.5. The maximum Gasteiger partial charge on any atom is 0.229 e. The molecule has 0 aliphatic heterocycles. The largest absolute Gasteiger partial charge is 0.311 e. The molecule has 0 saturated heterocycles. The number of rotatable bonds is 4. The average molecular weight is 309 g/mol. The molecule has 0 unspecified atom stereocenters. The molecule has 2 saturated carbocycles. The molecule has 2 fully saturated rings. The number of aromatic nitrogens is 2. The summed E-state index contributed by atoms with van der Waals surface area (Å²) in [7, 11) is 0. The molecular formula is C19H23N3O. The summed E-state index contributed by atoms with van der Waals surface area (Å²) in [6, 6.07) is 10.3. The molecule has 4 nitrogen and oxygen atoms in total. The molecule has 2 aromatic rings. The second-order valence-electron chi connectivity index (χ2n) is 6.99. The number of carbonyl (C=O) groups is 1. The van der Waals surface area contributed by atoms with Gasteiger partial charge in [0.15, 0.2) is 0 Å². The van der Waals surface area contributed by atoms with Gasteiger partial charge in [0, 0.05) is 12.0 Å². The molecular weight excluding hydrogens is 286 g/mol. The SMILES string of the molecule is Cc1cccc(Cn2nccc2NC(=O)C2[C@@H]3CCCC[C@@H]23)c1. The van der Waals surface area contributed by atoms with Crippen LogP contribution in [0.25, 0.3) is 0 Å². The monoisotopic (exact) mass is 309 g/mol. The number of amides is 1. The van der Waals surface area contributed by atoms with Crippen LogP contribution in [0.4, 0.5) is 5.82 Å². The summed E-state index contributed by atoms with van der Waals surface area (Å²) in [5.41, 5.74) is 2.44. The Morgan fingerprint density at radius 3 is 2.78 bits per heavy atom. The van der Waals surface area contributed by atoms with Crippen LogP contribution in [0.2, 0.25) is 0 Å². The van der Waals surface area contributed by atoms with Gasteiger partial charge in [0.1, 0.15) is 5.82 Å². The van der Waals surface area contributed by atoms with Gasteiger partial charge >= 0.3 is 0 Å². The molecule has 2 aliphatic carbocycles. The summed E-state index contributed by atoms with van der Waals surface area (Å²) in [6.07, 6.45) is 6.79. The first-order valence-electron chi connectivity index (χ1n) is 8.60. The Labute approximate surface area is 136 Å². The zero-order valence-corrected chi connectivity index (χ0v) is 13.5. The van der Waals surface area contributed by atoms with Gasteiger partial charge in [-0.1, -0.05) is 42.7 Å². The Hall–Kier alpha value is -2.10. The van der Waals surface area contributed by atoms with Crippen LogP contribution in [-0.2, 0) is 11.3 Å². The molecule has 1 aromatic carbocycles. The zero-order chi connectivity index (χ0) is 15.8. The molecule has 0 radical (unpaired) electrons. The van der Waals surface area contributed by atoms with E-state index in [4.69, 9.17) is 0 Å². The molecule has 1 aromatic heterocycles. The van der Waals surface area contributed by atoms with E-state index >= 15 is 0 Å². The van der Waals surface area contributed by atoms with Crippen molar-refractivity contribution in [3.63, 3.8) is 0 Å². The van der Waals surface area contributed by atoms with Crippen molar-refractivity contribution < 1.29 is 4.79 Å². The van der Waals surface area contributed by atoms with Crippen molar-refractivity contribution in [1.82, 2.24) is 9.78 Å². The van der Waals surface area contributed by atoms with Crippen LogP contribution in [0.15, 0.2) is 36.5 Å². The van der Waals surface area contributed by atoms with Gasteiger partial charge in [-0.15, -0.1) is 0 Å². The third-order valence-corrected chi connectivity index (χ3v) is 5.34. The van der Waals surface area contributed by atoms with Gasteiger partial charge in [-0.3, -0.25) is 4.79 Å². The third-order valence-electron chi connectivity index (χ3n) is 5.34. The second kappa shape index (κ2) is 5.84. The van der Waals surface area contributed by atoms with E-state index in [1.54, 1.807) is 6.20 Å². The maximum absolute atomic E-state index is 12.5. The van der Waals surface area contributed by atoms with E-state index in [1.165, 1.54) is 36.8 Å². The minimum Gasteiger partial charge on any atom is -0.311 e. The van der Waals surface area contributed by atoms with E-state index < -0.39 is 0 Å². The van der Waals surface area contributed by atoms with Gasteiger partial charge in [0.2, 0.25) is 5.91 Å². The van der Waals surface area contributed by atoms with E-state index in [0.29, 0.717) is 18.4 Å². The van der Waals surface area contributed by atoms with Crippen molar-refractivity contribution in [3.8, 4) is 0 Å². The summed E-state index contributed by atoms with van der Waals surface area (Å²) >= 11 is 0. The predicted molar refractivity (Wildman–Crippen MR) is 90.1 cm³/mol. The van der Waals surface area contributed by atoms with Crippen LogP contribution < -0.4 is 5.32 Å². The minimum atomic E-state index is 0.188. The lowest BCUT2D eigenvalue weighted by molar-refractivity contribution is -0.117. The van der Waals surface area contributed by atoms with Gasteiger partial charge in [-0.2, -0.15) is 5.10 Å². The molecule has 0 spiro atoms. The molecule has 0 bridgehead atoms. The Kier molecular flexibility index (Phi) is 3.68. The zero-order valence-electron chi connectivity index (χ0n) is 13.5. The number of nitrogens with zero attached hydrogens (tertiary/aromatic N) is 2. The van der Waals surface area contributed by atoms with Crippen molar-refractivity contribution in [2.24, 2.45) is 17.8 Å². The smallest absolute Gasteiger partial charge is 0.229 e. The topological polar surface area (TPSA) is 46.9 Å². The second-order valence-corrected chi connectivity index (χ2v) is 6.99. The van der Waals surface area contributed by atoms with E-state index in [2.05, 4.69) is 41.6 Å². The number of hydrogen-bond donors (Lipinski definition) is 1. The third kappa shape index (κ3) is 2.90. The normalized spacial score (nSPS) is 25.7. The van der Waals surface area contributed by atoms with Crippen LogP contribution in [0.5, 0.6) is 0 Å². The summed E-state index contributed by atoms with van der Waals surface area (Å²) in [6.45, 7) is 2.77. The minimum absolute atomic E-state index is 0.188. The number of benzene rings is 1. The fourth-order valence-electron chi connectivity index (χ4n) is 4.14. The van der Waals surface area contributed by atoms with Crippen molar-refractivity contribution in [2.75, 3.05) is 5.32 Å². The number of carbonyl (C=O) groups excluding carboxylic acids is 1. The number of fused-ring (bicyclic) bond motifs is 1. The van der Waals surface area contributed by atoms with Crippen molar-refractivity contribution >= 4 is 11.7 Å². The van der Waals surface area contributed by atoms with Crippen LogP contribution in [0.1, 0.15) is 36.8 Å². The molecule has 1 heterocycles. The number of anilines is 1. The highest BCUT2D eigenvalue weighted by Gasteiger charge is 2.54. The molecule has 1 amide bonds. The first-order valence-corrected chi connectivity index (χ1v) is 8.60. The van der Waals surface area contributed by atoms with E-state index in [1.807, 2.05) is 10.7 Å². The Balaban J connectivity index is 1.44. The van der Waals surface area contributed by atoms with Gasteiger partial charge in [0.05, 0.1) is 12.7 Å². The molecule has 4 heteroatoms. The number of hydrogen-bond acceptors (Lipinski definition) is 2. The molecule has 23 heavy (non-hydrogen) atoms. The summed E-state index contributed by atoms with van der Waals surface area (Å²) in [5, 5.41) is 7.47. The highest BCUT2D eigenvalue weighted by Crippen LogP contribution is 2.55. The summed E-state index contributed by atoms with van der Waals surface area (Å²) < 4.78 is 1.87. The highest BCUT2D eigenvalue weighted by atomic mass is 16.2. The van der Waals surface area contributed by atoms with Crippen LogP contribution in [0.3, 0.4) is 0 Å². The van der Waals surface area contributed by atoms with Crippen molar-refractivity contribution in [3.05, 3.63) is 47.7 Å². The summed E-state index contributed by atoms with van der Waals surface area (Å²) in [4.78, 5) is 12.5. The average Bonchev–Trinajstić information content (AvgIpc) is 3.13. The quantitative estimate of drug-likeness (QED) is 0.937. The molecule has 120 valence electrons. The molecule has 4 rings (SSSR count). The lowest BCUT2D eigenvalue weighted by atomic mass is 10.0. The predicted octanol–water partition coefficient (Wildman–Crippen LogP) is 3.61. The van der Waals surface area contributed by atoms with Gasteiger partial charge < -0.3 is 5.32 Å². The summed E-state index contributed by atoms with van der Waals surface area (Å²) in [5.74, 6) is 2.50. The van der Waals surface area contributed by atoms with Crippen molar-refractivity contribution in [2.45, 2.75) is 39.2 Å². The standard InChI is InChI=1S/C19H23N3O/c1-13-5-4-6-14(11-13)12-22-17(9-10-20-22)21-19(23)18-15-7-2-3-8-16(15)18/h4-6,9-11,15-16,18H,2-3,7-8,12H2,1H3,(H,21,23)/t15-,16-/m1/s1. The first-order chi connectivity index (χ1) is 11.2. The van der Waals surface area contributed by atoms with Gasteiger partial charge in [0.25, 0.3) is 0 Å². The fraction of sp³-hybridized carbons (Fsp3) is 0.474. The molecule has 2 aliphatic rings. The van der Waals surface area contributed by atoms with E-state index in [-0.39, 0.29) is 11.8 Å². The van der Waals surface area contributed by atoms with Gasteiger partial charge in [-0.05, 0) is 37.2 Å². The number of nitrogens with one attached hydrogen (secondary N) is 1. The van der Waals surface area contributed by atoms with Crippen LogP contribution >= 0.6 is 0 Å². The Bertz CT molecular complexity index is 709. The number of aryl methyl sites for hydroxylation is 1. The van der Waals surface area contributed by atoms with Crippen molar-refractivity contribution in [1.29, 1.82) is 0 Å².